The molecule has 2 N–H and O–H groups in total. The lowest BCUT2D eigenvalue weighted by Crippen LogP contribution is -2.44. The Balaban J connectivity index is 1.66. The van der Waals surface area contributed by atoms with Gasteiger partial charge in [0.15, 0.2) is 0 Å². The van der Waals surface area contributed by atoms with Gasteiger partial charge in [-0.2, -0.15) is 13.2 Å². The number of alkyl halides is 3. The second-order valence-corrected chi connectivity index (χ2v) is 7.16. The van der Waals surface area contributed by atoms with Crippen LogP contribution in [-0.4, -0.2) is 55.6 Å². The van der Waals surface area contributed by atoms with Gasteiger partial charge < -0.3 is 10.6 Å². The third kappa shape index (κ3) is 7.20. The van der Waals surface area contributed by atoms with Crippen molar-refractivity contribution in [3.63, 3.8) is 0 Å². The largest absolute Gasteiger partial charge is 0.401 e. The number of hydrogen-bond acceptors (Lipinski definition) is 3. The van der Waals surface area contributed by atoms with E-state index in [4.69, 9.17) is 23.2 Å². The van der Waals surface area contributed by atoms with Crippen molar-refractivity contribution in [3.8, 4) is 0 Å². The smallest absolute Gasteiger partial charge is 0.354 e. The van der Waals surface area contributed by atoms with Crippen molar-refractivity contribution in [1.82, 2.24) is 15.5 Å². The van der Waals surface area contributed by atoms with E-state index in [0.29, 0.717) is 23.4 Å². The zero-order valence-electron chi connectivity index (χ0n) is 14.4. The number of benzene rings is 1. The number of carbonyl (C=O) groups excluding carboxylic acids is 2. The van der Waals surface area contributed by atoms with Gasteiger partial charge in [0.2, 0.25) is 5.91 Å². The molecule has 1 heterocycles. The van der Waals surface area contributed by atoms with Crippen molar-refractivity contribution in [2.45, 2.75) is 19.0 Å². The maximum Gasteiger partial charge on any atom is 0.401 e. The summed E-state index contributed by atoms with van der Waals surface area (Å²) < 4.78 is 37.1. The van der Waals surface area contributed by atoms with E-state index < -0.39 is 12.7 Å². The molecule has 150 valence electrons. The van der Waals surface area contributed by atoms with Crippen molar-refractivity contribution in [3.05, 3.63) is 33.8 Å². The number of rotatable bonds is 6. The molecule has 0 bridgehead atoms. The topological polar surface area (TPSA) is 61.4 Å². The molecule has 2 rings (SSSR count). The van der Waals surface area contributed by atoms with E-state index in [1.807, 2.05) is 0 Å². The van der Waals surface area contributed by atoms with Crippen LogP contribution in [0.3, 0.4) is 0 Å². The second kappa shape index (κ2) is 9.61. The van der Waals surface area contributed by atoms with E-state index in [0.717, 1.165) is 0 Å². The molecule has 0 atom stereocenters. The van der Waals surface area contributed by atoms with Crippen LogP contribution in [0.25, 0.3) is 0 Å². The van der Waals surface area contributed by atoms with E-state index in [1.165, 1.54) is 23.1 Å². The van der Waals surface area contributed by atoms with Crippen LogP contribution in [0.2, 0.25) is 10.0 Å². The molecule has 1 aliphatic heterocycles. The summed E-state index contributed by atoms with van der Waals surface area (Å²) in [6.07, 6.45) is -3.45. The molecular weight excluding hydrogens is 406 g/mol. The highest BCUT2D eigenvalue weighted by molar-refractivity contribution is 6.42. The first-order valence-electron chi connectivity index (χ1n) is 8.46. The van der Waals surface area contributed by atoms with Crippen molar-refractivity contribution >= 4 is 35.0 Å². The zero-order valence-corrected chi connectivity index (χ0v) is 15.9. The second-order valence-electron chi connectivity index (χ2n) is 6.34. The summed E-state index contributed by atoms with van der Waals surface area (Å²) >= 11 is 11.6. The summed E-state index contributed by atoms with van der Waals surface area (Å²) in [7, 11) is 0. The Hall–Kier alpha value is -1.51. The molecule has 0 radical (unpaired) electrons. The summed E-state index contributed by atoms with van der Waals surface area (Å²) in [4.78, 5) is 25.4. The van der Waals surface area contributed by atoms with Gasteiger partial charge in [-0.15, -0.1) is 0 Å². The van der Waals surface area contributed by atoms with E-state index in [1.54, 1.807) is 0 Å². The Labute approximate surface area is 165 Å². The number of nitrogens with zero attached hydrogens (tertiary/aromatic N) is 1. The maximum absolute atomic E-state index is 12.4. The first-order valence-corrected chi connectivity index (χ1v) is 9.21. The lowest BCUT2D eigenvalue weighted by atomic mass is 9.96. The summed E-state index contributed by atoms with van der Waals surface area (Å²) in [6, 6.07) is 4.51. The quantitative estimate of drug-likeness (QED) is 0.688. The number of likely N-dealkylation sites (tertiary alicyclic amines) is 1. The number of nitrogens with one attached hydrogen (secondary N) is 2. The lowest BCUT2D eigenvalue weighted by molar-refractivity contribution is -0.149. The average Bonchev–Trinajstić information content (AvgIpc) is 2.60. The van der Waals surface area contributed by atoms with E-state index >= 15 is 0 Å². The minimum atomic E-state index is -4.22. The van der Waals surface area contributed by atoms with Crippen molar-refractivity contribution in [2.75, 3.05) is 32.7 Å². The molecule has 0 aliphatic carbocycles. The van der Waals surface area contributed by atoms with Crippen LogP contribution in [0.4, 0.5) is 13.2 Å². The van der Waals surface area contributed by atoms with E-state index in [2.05, 4.69) is 10.6 Å². The number of piperidine rings is 1. The lowest BCUT2D eigenvalue weighted by Gasteiger charge is -2.31. The normalized spacial score (nSPS) is 16.2. The minimum absolute atomic E-state index is 0.203. The highest BCUT2D eigenvalue weighted by atomic mass is 35.5. The Morgan fingerprint density at radius 2 is 1.70 bits per heavy atom. The van der Waals surface area contributed by atoms with Crippen LogP contribution in [0, 0.1) is 5.92 Å². The van der Waals surface area contributed by atoms with Gasteiger partial charge in [-0.25, -0.2) is 0 Å². The van der Waals surface area contributed by atoms with Gasteiger partial charge in [-0.05, 0) is 44.1 Å². The number of amides is 2. The van der Waals surface area contributed by atoms with Crippen molar-refractivity contribution in [1.29, 1.82) is 0 Å². The predicted molar refractivity (Wildman–Crippen MR) is 97.0 cm³/mol. The predicted octanol–water partition coefficient (Wildman–Crippen LogP) is 3.11. The highest BCUT2D eigenvalue weighted by Crippen LogP contribution is 2.23. The third-order valence-electron chi connectivity index (χ3n) is 4.25. The maximum atomic E-state index is 12.4. The number of hydrogen-bond donors (Lipinski definition) is 2. The summed E-state index contributed by atoms with van der Waals surface area (Å²) in [6.45, 7) is -0.00813. The van der Waals surface area contributed by atoms with Gasteiger partial charge in [0.1, 0.15) is 0 Å². The Bertz CT molecular complexity index is 678. The standard InChI is InChI=1S/C17H20Cl2F3N3O2/c18-13-2-1-12(9-14(13)19)16(27)24-6-5-23-15(26)11-3-7-25(8-4-11)10-17(20,21)22/h1-2,9,11H,3-8,10H2,(H,23,26)(H,24,27). The Morgan fingerprint density at radius 1 is 1.07 bits per heavy atom. The monoisotopic (exact) mass is 425 g/mol. The molecular formula is C17H20Cl2F3N3O2. The molecule has 0 unspecified atom stereocenters. The Kier molecular flexibility index (Phi) is 7.76. The van der Waals surface area contributed by atoms with Gasteiger partial charge in [0, 0.05) is 24.6 Å². The SMILES string of the molecule is O=C(NCCNC(=O)C1CCN(CC(F)(F)F)CC1)c1ccc(Cl)c(Cl)c1. The van der Waals surface area contributed by atoms with Crippen LogP contribution in [0.1, 0.15) is 23.2 Å². The van der Waals surface area contributed by atoms with Gasteiger partial charge >= 0.3 is 6.18 Å². The van der Waals surface area contributed by atoms with Gasteiger partial charge in [-0.3, -0.25) is 14.5 Å². The van der Waals surface area contributed by atoms with Gasteiger partial charge in [-0.1, -0.05) is 23.2 Å². The van der Waals surface area contributed by atoms with Gasteiger partial charge in [0.25, 0.3) is 5.91 Å². The highest BCUT2D eigenvalue weighted by Gasteiger charge is 2.33. The molecule has 10 heteroatoms. The molecule has 0 saturated carbocycles. The zero-order chi connectivity index (χ0) is 20.0. The molecule has 0 spiro atoms. The van der Waals surface area contributed by atoms with Crippen LogP contribution < -0.4 is 10.6 Å². The molecule has 1 fully saturated rings. The summed E-state index contributed by atoms with van der Waals surface area (Å²) in [5, 5.41) is 5.97. The average molecular weight is 426 g/mol. The Morgan fingerprint density at radius 3 is 2.30 bits per heavy atom. The van der Waals surface area contributed by atoms with Crippen LogP contribution >= 0.6 is 23.2 Å². The molecule has 1 aromatic carbocycles. The fraction of sp³-hybridized carbons (Fsp3) is 0.529. The molecule has 2 amide bonds. The first-order chi connectivity index (χ1) is 12.7. The summed E-state index contributed by atoms with van der Waals surface area (Å²) in [5.74, 6) is -0.853. The third-order valence-corrected chi connectivity index (χ3v) is 4.99. The van der Waals surface area contributed by atoms with Crippen molar-refractivity contribution in [2.24, 2.45) is 5.92 Å². The van der Waals surface area contributed by atoms with E-state index in [-0.39, 0.29) is 48.9 Å². The summed E-state index contributed by atoms with van der Waals surface area (Å²) in [5.41, 5.74) is 0.354. The molecule has 1 aliphatic rings. The fourth-order valence-electron chi connectivity index (χ4n) is 2.85. The molecule has 1 aromatic rings. The number of carbonyl (C=O) groups is 2. The molecule has 0 aromatic heterocycles. The van der Waals surface area contributed by atoms with Crippen LogP contribution in [0.5, 0.6) is 0 Å². The van der Waals surface area contributed by atoms with Crippen molar-refractivity contribution < 1.29 is 22.8 Å². The van der Waals surface area contributed by atoms with Crippen LogP contribution in [0.15, 0.2) is 18.2 Å². The minimum Gasteiger partial charge on any atom is -0.354 e. The molecule has 5 nitrogen and oxygen atoms in total. The van der Waals surface area contributed by atoms with Crippen LogP contribution in [-0.2, 0) is 4.79 Å². The molecule has 1 saturated heterocycles. The molecule has 27 heavy (non-hydrogen) atoms. The van der Waals surface area contributed by atoms with Gasteiger partial charge in [0.05, 0.1) is 16.6 Å². The fourth-order valence-corrected chi connectivity index (χ4v) is 3.15. The first kappa shape index (κ1) is 21.8. The number of halogens is 5. The van der Waals surface area contributed by atoms with E-state index in [9.17, 15) is 22.8 Å².